The highest BCUT2D eigenvalue weighted by atomic mass is 16.5. The van der Waals surface area contributed by atoms with E-state index in [1.807, 2.05) is 37.8 Å². The Morgan fingerprint density at radius 1 is 1.03 bits per heavy atom. The van der Waals surface area contributed by atoms with Crippen molar-refractivity contribution in [3.05, 3.63) is 88.4 Å². The molecule has 0 bridgehead atoms. The fourth-order valence-corrected chi connectivity index (χ4v) is 4.65. The average molecular weight is 475 g/mol. The Bertz CT molecular complexity index is 1180. The molecule has 3 aromatic rings. The Labute approximate surface area is 207 Å². The van der Waals surface area contributed by atoms with Gasteiger partial charge in [-0.1, -0.05) is 42.8 Å². The van der Waals surface area contributed by atoms with Crippen LogP contribution in [-0.2, 0) is 17.8 Å². The summed E-state index contributed by atoms with van der Waals surface area (Å²) in [5, 5.41) is 0. The number of carbonyl (C=O) groups is 2. The van der Waals surface area contributed by atoms with Gasteiger partial charge in [-0.05, 0) is 68.1 Å². The zero-order chi connectivity index (χ0) is 24.9. The van der Waals surface area contributed by atoms with Gasteiger partial charge in [-0.3, -0.25) is 9.59 Å². The van der Waals surface area contributed by atoms with Crippen LogP contribution in [0.5, 0.6) is 5.75 Å². The van der Waals surface area contributed by atoms with E-state index in [4.69, 9.17) is 9.15 Å². The number of hydrogen-bond donors (Lipinski definition) is 0. The van der Waals surface area contributed by atoms with Gasteiger partial charge >= 0.3 is 0 Å². The van der Waals surface area contributed by atoms with Crippen molar-refractivity contribution in [2.45, 2.75) is 53.2 Å². The van der Waals surface area contributed by atoms with Gasteiger partial charge in [-0.15, -0.1) is 0 Å². The summed E-state index contributed by atoms with van der Waals surface area (Å²) >= 11 is 0. The van der Waals surface area contributed by atoms with E-state index < -0.39 is 0 Å². The van der Waals surface area contributed by atoms with Gasteiger partial charge in [0.15, 0.2) is 5.76 Å². The highest BCUT2D eigenvalue weighted by molar-refractivity contribution is 5.91. The number of nitrogens with zero attached hydrogens (tertiary/aromatic N) is 2. The first-order valence-electron chi connectivity index (χ1n) is 12.4. The molecule has 1 aliphatic heterocycles. The fourth-order valence-electron chi connectivity index (χ4n) is 4.65. The van der Waals surface area contributed by atoms with Crippen LogP contribution in [0.25, 0.3) is 0 Å². The van der Waals surface area contributed by atoms with Crippen molar-refractivity contribution >= 4 is 11.8 Å². The van der Waals surface area contributed by atoms with Crippen molar-refractivity contribution in [1.82, 2.24) is 9.80 Å². The van der Waals surface area contributed by atoms with E-state index in [9.17, 15) is 9.59 Å². The number of carbonyl (C=O) groups excluding carboxylic acids is 2. The molecule has 2 aromatic carbocycles. The molecule has 1 unspecified atom stereocenters. The number of ether oxygens (including phenoxy) is 1. The molecule has 0 fully saturated rings. The van der Waals surface area contributed by atoms with Gasteiger partial charge in [0.25, 0.3) is 5.91 Å². The number of fused-ring (bicyclic) bond motifs is 1. The highest BCUT2D eigenvalue weighted by Crippen LogP contribution is 2.37. The predicted octanol–water partition coefficient (Wildman–Crippen LogP) is 5.53. The fraction of sp³-hybridized carbons (Fsp3) is 0.379. The molecule has 1 aromatic heterocycles. The Kier molecular flexibility index (Phi) is 7.59. The summed E-state index contributed by atoms with van der Waals surface area (Å²) in [6, 6.07) is 17.8. The number of hydrogen-bond acceptors (Lipinski definition) is 4. The van der Waals surface area contributed by atoms with Crippen molar-refractivity contribution < 1.29 is 18.7 Å². The summed E-state index contributed by atoms with van der Waals surface area (Å²) in [5.41, 5.74) is 4.61. The number of furan rings is 1. The second-order valence-electron chi connectivity index (χ2n) is 8.90. The summed E-state index contributed by atoms with van der Waals surface area (Å²) < 4.78 is 11.8. The van der Waals surface area contributed by atoms with Crippen molar-refractivity contribution in [1.29, 1.82) is 0 Å². The maximum absolute atomic E-state index is 12.8. The van der Waals surface area contributed by atoms with Crippen LogP contribution in [0.1, 0.15) is 71.8 Å². The molecule has 0 radical (unpaired) electrons. The second kappa shape index (κ2) is 10.8. The standard InChI is InChI=1S/C29H34N2O4/c1-5-27(32)31-17-16-21-12-13-23(18-25(21)28(31)22-10-8-20(4)9-11-22)34-19-24-14-15-26(35-24)29(33)30(6-2)7-3/h8-15,18,28H,5-7,16-17,19H2,1-4H3. The lowest BCUT2D eigenvalue weighted by Gasteiger charge is -2.38. The van der Waals surface area contributed by atoms with Crippen LogP contribution in [0.4, 0.5) is 0 Å². The van der Waals surface area contributed by atoms with Gasteiger partial charge in [0, 0.05) is 26.1 Å². The first-order chi connectivity index (χ1) is 16.9. The first-order valence-corrected chi connectivity index (χ1v) is 12.4. The Morgan fingerprint density at radius 2 is 1.77 bits per heavy atom. The van der Waals surface area contributed by atoms with Gasteiger partial charge in [-0.2, -0.15) is 0 Å². The topological polar surface area (TPSA) is 63.0 Å². The third-order valence-electron chi connectivity index (χ3n) is 6.67. The van der Waals surface area contributed by atoms with E-state index in [0.717, 1.165) is 17.5 Å². The van der Waals surface area contributed by atoms with Crippen molar-refractivity contribution in [3.63, 3.8) is 0 Å². The first kappa shape index (κ1) is 24.6. The van der Waals surface area contributed by atoms with E-state index in [2.05, 4.69) is 37.3 Å². The smallest absolute Gasteiger partial charge is 0.289 e. The van der Waals surface area contributed by atoms with E-state index in [1.54, 1.807) is 17.0 Å². The minimum Gasteiger partial charge on any atom is -0.486 e. The van der Waals surface area contributed by atoms with Gasteiger partial charge in [-0.25, -0.2) is 0 Å². The lowest BCUT2D eigenvalue weighted by Crippen LogP contribution is -2.40. The summed E-state index contributed by atoms with van der Waals surface area (Å²) in [4.78, 5) is 29.0. The van der Waals surface area contributed by atoms with Gasteiger partial charge in [0.2, 0.25) is 5.91 Å². The monoisotopic (exact) mass is 474 g/mol. The number of aryl methyl sites for hydroxylation is 1. The largest absolute Gasteiger partial charge is 0.486 e. The number of rotatable bonds is 8. The summed E-state index contributed by atoms with van der Waals surface area (Å²) in [6.07, 6.45) is 1.29. The lowest BCUT2D eigenvalue weighted by molar-refractivity contribution is -0.132. The minimum absolute atomic E-state index is 0.114. The molecule has 0 N–H and O–H groups in total. The van der Waals surface area contributed by atoms with E-state index in [0.29, 0.717) is 43.3 Å². The van der Waals surface area contributed by atoms with Crippen LogP contribution in [-0.4, -0.2) is 41.2 Å². The van der Waals surface area contributed by atoms with Crippen LogP contribution in [0.15, 0.2) is 59.0 Å². The second-order valence-corrected chi connectivity index (χ2v) is 8.90. The van der Waals surface area contributed by atoms with E-state index in [1.165, 1.54) is 11.1 Å². The predicted molar refractivity (Wildman–Crippen MR) is 135 cm³/mol. The van der Waals surface area contributed by atoms with Crippen molar-refractivity contribution in [3.8, 4) is 5.75 Å². The minimum atomic E-state index is -0.141. The van der Waals surface area contributed by atoms with E-state index in [-0.39, 0.29) is 24.5 Å². The van der Waals surface area contributed by atoms with Gasteiger partial charge < -0.3 is 19.0 Å². The molecule has 6 heteroatoms. The molecule has 35 heavy (non-hydrogen) atoms. The summed E-state index contributed by atoms with van der Waals surface area (Å²) in [5.74, 6) is 1.66. The third-order valence-corrected chi connectivity index (χ3v) is 6.67. The molecule has 1 aliphatic rings. The lowest BCUT2D eigenvalue weighted by atomic mass is 9.87. The Hall–Kier alpha value is -3.54. The molecule has 0 spiro atoms. The molecule has 0 aliphatic carbocycles. The summed E-state index contributed by atoms with van der Waals surface area (Å²) in [6.45, 7) is 10.1. The Morgan fingerprint density at radius 3 is 2.46 bits per heavy atom. The number of benzene rings is 2. The van der Waals surface area contributed by atoms with Crippen LogP contribution in [0.2, 0.25) is 0 Å². The van der Waals surface area contributed by atoms with Crippen LogP contribution in [0.3, 0.4) is 0 Å². The maximum atomic E-state index is 12.8. The normalized spacial score (nSPS) is 15.0. The van der Waals surface area contributed by atoms with Crippen LogP contribution >= 0.6 is 0 Å². The van der Waals surface area contributed by atoms with E-state index >= 15 is 0 Å². The molecule has 1 atom stereocenters. The molecule has 2 heterocycles. The number of amides is 2. The molecular weight excluding hydrogens is 440 g/mol. The van der Waals surface area contributed by atoms with Crippen molar-refractivity contribution in [2.24, 2.45) is 0 Å². The quantitative estimate of drug-likeness (QED) is 0.430. The zero-order valence-electron chi connectivity index (χ0n) is 21.0. The summed E-state index contributed by atoms with van der Waals surface area (Å²) in [7, 11) is 0. The van der Waals surface area contributed by atoms with Gasteiger partial charge in [0.05, 0.1) is 6.04 Å². The SMILES string of the molecule is CCC(=O)N1CCc2ccc(OCc3ccc(C(=O)N(CC)CC)o3)cc2C1c1ccc(C)cc1. The zero-order valence-corrected chi connectivity index (χ0v) is 21.0. The molecule has 184 valence electrons. The van der Waals surface area contributed by atoms with Crippen LogP contribution < -0.4 is 4.74 Å². The van der Waals surface area contributed by atoms with Gasteiger partial charge in [0.1, 0.15) is 18.1 Å². The average Bonchev–Trinajstić information content (AvgIpc) is 3.36. The highest BCUT2D eigenvalue weighted by Gasteiger charge is 2.31. The molecule has 0 saturated heterocycles. The molecule has 4 rings (SSSR count). The Balaban J connectivity index is 1.57. The molecular formula is C29H34N2O4. The molecule has 0 saturated carbocycles. The molecule has 6 nitrogen and oxygen atoms in total. The third kappa shape index (κ3) is 5.26. The van der Waals surface area contributed by atoms with Crippen molar-refractivity contribution in [2.75, 3.05) is 19.6 Å². The van der Waals surface area contributed by atoms with Crippen LogP contribution in [0, 0.1) is 6.92 Å². The molecule has 2 amide bonds. The maximum Gasteiger partial charge on any atom is 0.289 e.